The molecule has 0 radical (unpaired) electrons. The van der Waals surface area contributed by atoms with Gasteiger partial charge in [0.15, 0.2) is 0 Å². The van der Waals surface area contributed by atoms with Crippen LogP contribution in [0.4, 0.5) is 10.1 Å². The molecule has 0 amide bonds. The summed E-state index contributed by atoms with van der Waals surface area (Å²) in [5, 5.41) is 3.35. The molecule has 3 atom stereocenters. The largest absolute Gasteiger partial charge is 0.380 e. The normalized spacial score (nSPS) is 30.1. The molecular weight excluding hydrogens is 201 g/mol. The first-order chi connectivity index (χ1) is 7.68. The Morgan fingerprint density at radius 3 is 2.69 bits per heavy atom. The average Bonchev–Trinajstić information content (AvgIpc) is 2.28. The van der Waals surface area contributed by atoms with Gasteiger partial charge in [-0.05, 0) is 30.4 Å². The Bertz CT molecular complexity index is 350. The monoisotopic (exact) mass is 221 g/mol. The minimum Gasteiger partial charge on any atom is -0.380 e. The molecule has 0 aromatic heterocycles. The number of hydrogen-bond acceptors (Lipinski definition) is 1. The molecule has 2 heteroatoms. The second kappa shape index (κ2) is 4.86. The maximum absolute atomic E-state index is 13.5. The van der Waals surface area contributed by atoms with E-state index in [-0.39, 0.29) is 5.82 Å². The van der Waals surface area contributed by atoms with E-state index in [0.29, 0.717) is 17.6 Å². The number of halogens is 1. The van der Waals surface area contributed by atoms with Crippen molar-refractivity contribution in [1.82, 2.24) is 0 Å². The first-order valence-corrected chi connectivity index (χ1v) is 6.19. The molecule has 1 aromatic carbocycles. The summed E-state index contributed by atoms with van der Waals surface area (Å²) in [6.45, 7) is 4.56. The van der Waals surface area contributed by atoms with Gasteiger partial charge in [-0.25, -0.2) is 4.39 Å². The summed E-state index contributed by atoms with van der Waals surface area (Å²) < 4.78 is 13.5. The van der Waals surface area contributed by atoms with Crippen molar-refractivity contribution in [3.63, 3.8) is 0 Å². The SMILES string of the molecule is CC1CCCC(Nc2ccccc2F)C1C. The number of benzene rings is 1. The van der Waals surface area contributed by atoms with Gasteiger partial charge in [0.25, 0.3) is 0 Å². The first-order valence-electron chi connectivity index (χ1n) is 6.19. The van der Waals surface area contributed by atoms with E-state index in [0.717, 1.165) is 12.3 Å². The molecular formula is C14H20FN. The summed E-state index contributed by atoms with van der Waals surface area (Å²) in [5.41, 5.74) is 0.647. The van der Waals surface area contributed by atoms with E-state index in [4.69, 9.17) is 0 Å². The predicted molar refractivity (Wildman–Crippen MR) is 66.0 cm³/mol. The van der Waals surface area contributed by atoms with Crippen LogP contribution in [-0.2, 0) is 0 Å². The van der Waals surface area contributed by atoms with Gasteiger partial charge in [0.05, 0.1) is 5.69 Å². The minimum atomic E-state index is -0.145. The molecule has 0 heterocycles. The van der Waals surface area contributed by atoms with Crippen LogP contribution in [0.2, 0.25) is 0 Å². The highest BCUT2D eigenvalue weighted by Gasteiger charge is 2.27. The fourth-order valence-corrected chi connectivity index (χ4v) is 2.56. The Morgan fingerprint density at radius 1 is 1.19 bits per heavy atom. The fraction of sp³-hybridized carbons (Fsp3) is 0.571. The van der Waals surface area contributed by atoms with Crippen molar-refractivity contribution in [1.29, 1.82) is 0 Å². The number of rotatable bonds is 2. The van der Waals surface area contributed by atoms with Gasteiger partial charge in [-0.1, -0.05) is 38.8 Å². The summed E-state index contributed by atoms with van der Waals surface area (Å²) in [7, 11) is 0. The van der Waals surface area contributed by atoms with Crippen LogP contribution in [0.3, 0.4) is 0 Å². The summed E-state index contributed by atoms with van der Waals surface area (Å²) in [4.78, 5) is 0. The molecule has 1 aliphatic rings. The van der Waals surface area contributed by atoms with Crippen molar-refractivity contribution >= 4 is 5.69 Å². The van der Waals surface area contributed by atoms with Crippen molar-refractivity contribution in [3.05, 3.63) is 30.1 Å². The van der Waals surface area contributed by atoms with Crippen LogP contribution in [0.5, 0.6) is 0 Å². The Hall–Kier alpha value is -1.05. The molecule has 0 bridgehead atoms. The standard InChI is InChI=1S/C14H20FN/c1-10-6-5-9-13(11(10)2)16-14-8-4-3-7-12(14)15/h3-4,7-8,10-11,13,16H,5-6,9H2,1-2H3. The van der Waals surface area contributed by atoms with Crippen LogP contribution < -0.4 is 5.32 Å². The van der Waals surface area contributed by atoms with Gasteiger partial charge in [-0.15, -0.1) is 0 Å². The van der Waals surface area contributed by atoms with E-state index in [1.807, 2.05) is 12.1 Å². The Labute approximate surface area is 97.1 Å². The summed E-state index contributed by atoms with van der Waals surface area (Å²) in [6, 6.07) is 7.36. The van der Waals surface area contributed by atoms with Crippen LogP contribution in [0, 0.1) is 17.7 Å². The van der Waals surface area contributed by atoms with E-state index >= 15 is 0 Å². The Kier molecular flexibility index (Phi) is 3.47. The van der Waals surface area contributed by atoms with Gasteiger partial charge in [-0.2, -0.15) is 0 Å². The van der Waals surface area contributed by atoms with Crippen LogP contribution >= 0.6 is 0 Å². The molecule has 0 saturated heterocycles. The molecule has 1 N–H and O–H groups in total. The highest BCUT2D eigenvalue weighted by atomic mass is 19.1. The molecule has 1 fully saturated rings. The topological polar surface area (TPSA) is 12.0 Å². The van der Waals surface area contributed by atoms with Crippen molar-refractivity contribution in [2.45, 2.75) is 39.2 Å². The van der Waals surface area contributed by atoms with Gasteiger partial charge >= 0.3 is 0 Å². The number of anilines is 1. The molecule has 0 aliphatic heterocycles. The zero-order chi connectivity index (χ0) is 11.5. The molecule has 1 saturated carbocycles. The van der Waals surface area contributed by atoms with Crippen molar-refractivity contribution in [2.75, 3.05) is 5.32 Å². The fourth-order valence-electron chi connectivity index (χ4n) is 2.56. The van der Waals surface area contributed by atoms with Crippen LogP contribution in [0.1, 0.15) is 33.1 Å². The summed E-state index contributed by atoms with van der Waals surface area (Å²) in [6.07, 6.45) is 3.70. The lowest BCUT2D eigenvalue weighted by atomic mass is 9.78. The number of hydrogen-bond donors (Lipinski definition) is 1. The molecule has 3 unspecified atom stereocenters. The first kappa shape index (κ1) is 11.4. The van der Waals surface area contributed by atoms with E-state index in [1.54, 1.807) is 6.07 Å². The highest BCUT2D eigenvalue weighted by molar-refractivity contribution is 5.45. The Morgan fingerprint density at radius 2 is 1.94 bits per heavy atom. The quantitative estimate of drug-likeness (QED) is 0.794. The third-order valence-electron chi connectivity index (χ3n) is 3.92. The second-order valence-electron chi connectivity index (χ2n) is 5.00. The third kappa shape index (κ3) is 2.37. The lowest BCUT2D eigenvalue weighted by Crippen LogP contribution is -2.35. The molecule has 1 aromatic rings. The lowest BCUT2D eigenvalue weighted by Gasteiger charge is -2.35. The van der Waals surface area contributed by atoms with Gasteiger partial charge in [0, 0.05) is 6.04 Å². The van der Waals surface area contributed by atoms with Gasteiger partial charge < -0.3 is 5.32 Å². The van der Waals surface area contributed by atoms with Gasteiger partial charge in [0.1, 0.15) is 5.82 Å². The molecule has 1 nitrogen and oxygen atoms in total. The average molecular weight is 221 g/mol. The highest BCUT2D eigenvalue weighted by Crippen LogP contribution is 2.31. The zero-order valence-corrected chi connectivity index (χ0v) is 10.0. The molecule has 2 rings (SSSR count). The number of nitrogens with one attached hydrogen (secondary N) is 1. The lowest BCUT2D eigenvalue weighted by molar-refractivity contribution is 0.253. The van der Waals surface area contributed by atoms with E-state index in [9.17, 15) is 4.39 Å². The maximum Gasteiger partial charge on any atom is 0.146 e. The van der Waals surface area contributed by atoms with Crippen LogP contribution in [0.15, 0.2) is 24.3 Å². The zero-order valence-electron chi connectivity index (χ0n) is 10.0. The molecule has 0 spiro atoms. The Balaban J connectivity index is 2.06. The smallest absolute Gasteiger partial charge is 0.146 e. The summed E-state index contributed by atoms with van der Waals surface area (Å²) >= 11 is 0. The molecule has 88 valence electrons. The minimum absolute atomic E-state index is 0.145. The van der Waals surface area contributed by atoms with Crippen molar-refractivity contribution in [3.8, 4) is 0 Å². The van der Waals surface area contributed by atoms with Crippen LogP contribution in [0.25, 0.3) is 0 Å². The third-order valence-corrected chi connectivity index (χ3v) is 3.92. The summed E-state index contributed by atoms with van der Waals surface area (Å²) in [5.74, 6) is 1.21. The molecule has 1 aliphatic carbocycles. The maximum atomic E-state index is 13.5. The molecule has 16 heavy (non-hydrogen) atoms. The second-order valence-corrected chi connectivity index (χ2v) is 5.00. The van der Waals surface area contributed by atoms with E-state index < -0.39 is 0 Å². The van der Waals surface area contributed by atoms with Gasteiger partial charge in [-0.3, -0.25) is 0 Å². The van der Waals surface area contributed by atoms with Crippen molar-refractivity contribution < 1.29 is 4.39 Å². The van der Waals surface area contributed by atoms with E-state index in [2.05, 4.69) is 19.2 Å². The van der Waals surface area contributed by atoms with Crippen LogP contribution in [-0.4, -0.2) is 6.04 Å². The number of para-hydroxylation sites is 1. The van der Waals surface area contributed by atoms with Crippen molar-refractivity contribution in [2.24, 2.45) is 11.8 Å². The van der Waals surface area contributed by atoms with E-state index in [1.165, 1.54) is 18.9 Å². The van der Waals surface area contributed by atoms with Gasteiger partial charge in [0.2, 0.25) is 0 Å². The predicted octanol–water partition coefficient (Wildman–Crippen LogP) is 4.06.